The number of rotatable bonds is 3. The van der Waals surface area contributed by atoms with Crippen LogP contribution in [0, 0.1) is 18.8 Å². The number of amides is 2. The van der Waals surface area contributed by atoms with Crippen LogP contribution in [0.1, 0.15) is 32.4 Å². The highest BCUT2D eigenvalue weighted by molar-refractivity contribution is 6.01. The van der Waals surface area contributed by atoms with E-state index < -0.39 is 0 Å². The zero-order valence-electron chi connectivity index (χ0n) is 16.7. The zero-order chi connectivity index (χ0) is 20.7. The minimum Gasteiger partial charge on any atom is -0.338 e. The molecule has 152 valence electrons. The Kier molecular flexibility index (Phi) is 4.54. The van der Waals surface area contributed by atoms with Gasteiger partial charge in [-0.25, -0.2) is 0 Å². The van der Waals surface area contributed by atoms with E-state index in [-0.39, 0.29) is 17.7 Å². The zero-order valence-corrected chi connectivity index (χ0v) is 16.7. The fourth-order valence-electron chi connectivity index (χ4n) is 4.42. The molecule has 5 rings (SSSR count). The molecule has 8 nitrogen and oxygen atoms in total. The van der Waals surface area contributed by atoms with Gasteiger partial charge in [0.05, 0.1) is 5.56 Å². The SMILES string of the molecule is Cc1cncc(C(=O)N2C[C@@H]3Cc4nnc(C(=O)Nc5ccccc5)n4C[C@@H]3C2)c1. The van der Waals surface area contributed by atoms with Crippen LogP contribution in [0.2, 0.25) is 0 Å². The summed E-state index contributed by atoms with van der Waals surface area (Å²) in [6.45, 7) is 3.92. The van der Waals surface area contributed by atoms with E-state index in [4.69, 9.17) is 0 Å². The van der Waals surface area contributed by atoms with Crippen LogP contribution in [0.4, 0.5) is 5.69 Å². The van der Waals surface area contributed by atoms with Gasteiger partial charge in [0.2, 0.25) is 5.82 Å². The molecule has 1 saturated heterocycles. The molecule has 0 aliphatic carbocycles. The molecule has 2 aliphatic rings. The Hall–Kier alpha value is -3.55. The quantitative estimate of drug-likeness (QED) is 0.725. The van der Waals surface area contributed by atoms with E-state index in [1.54, 1.807) is 12.4 Å². The average molecular weight is 402 g/mol. The van der Waals surface area contributed by atoms with Crippen molar-refractivity contribution < 1.29 is 9.59 Å². The number of carbonyl (C=O) groups excluding carboxylic acids is 2. The third-order valence-electron chi connectivity index (χ3n) is 5.91. The molecule has 1 aromatic carbocycles. The second-order valence-electron chi connectivity index (χ2n) is 8.06. The Morgan fingerprint density at radius 1 is 1.03 bits per heavy atom. The smallest absolute Gasteiger partial charge is 0.293 e. The first-order valence-corrected chi connectivity index (χ1v) is 10.1. The van der Waals surface area contributed by atoms with Crippen LogP contribution in [0.25, 0.3) is 0 Å². The first kappa shape index (κ1) is 18.5. The van der Waals surface area contributed by atoms with Gasteiger partial charge in [-0.2, -0.15) is 0 Å². The number of anilines is 1. The maximum absolute atomic E-state index is 12.9. The number of likely N-dealkylation sites (tertiary alicyclic amines) is 1. The summed E-state index contributed by atoms with van der Waals surface area (Å²) >= 11 is 0. The van der Waals surface area contributed by atoms with Gasteiger partial charge in [-0.1, -0.05) is 18.2 Å². The predicted molar refractivity (Wildman–Crippen MR) is 110 cm³/mol. The molecule has 1 fully saturated rings. The molecule has 2 amide bonds. The lowest BCUT2D eigenvalue weighted by atomic mass is 9.89. The van der Waals surface area contributed by atoms with Gasteiger partial charge in [0.15, 0.2) is 0 Å². The van der Waals surface area contributed by atoms with Crippen LogP contribution in [0.15, 0.2) is 48.8 Å². The lowest BCUT2D eigenvalue weighted by Gasteiger charge is -2.25. The van der Waals surface area contributed by atoms with E-state index >= 15 is 0 Å². The summed E-state index contributed by atoms with van der Waals surface area (Å²) in [5.74, 6) is 1.47. The van der Waals surface area contributed by atoms with Gasteiger partial charge in [-0.15, -0.1) is 10.2 Å². The molecule has 2 aromatic heterocycles. The number of fused-ring (bicyclic) bond motifs is 2. The predicted octanol–water partition coefficient (Wildman–Crippen LogP) is 2.18. The van der Waals surface area contributed by atoms with E-state index in [0.717, 1.165) is 17.1 Å². The Balaban J connectivity index is 1.31. The molecule has 1 N–H and O–H groups in total. The second kappa shape index (κ2) is 7.37. The maximum Gasteiger partial charge on any atom is 0.293 e. The molecule has 0 unspecified atom stereocenters. The summed E-state index contributed by atoms with van der Waals surface area (Å²) in [6, 6.07) is 11.2. The number of benzene rings is 1. The van der Waals surface area contributed by atoms with Crippen LogP contribution >= 0.6 is 0 Å². The van der Waals surface area contributed by atoms with Crippen LogP contribution in [-0.2, 0) is 13.0 Å². The lowest BCUT2D eigenvalue weighted by Crippen LogP contribution is -2.31. The minimum absolute atomic E-state index is 0.0124. The molecule has 2 aliphatic heterocycles. The van der Waals surface area contributed by atoms with Gasteiger partial charge >= 0.3 is 0 Å². The molecule has 3 aromatic rings. The van der Waals surface area contributed by atoms with Crippen molar-refractivity contribution in [3.8, 4) is 0 Å². The van der Waals surface area contributed by atoms with Crippen molar-refractivity contribution in [2.24, 2.45) is 11.8 Å². The molecule has 2 atom stereocenters. The highest BCUT2D eigenvalue weighted by Gasteiger charge is 2.40. The van der Waals surface area contributed by atoms with Crippen LogP contribution in [0.3, 0.4) is 0 Å². The highest BCUT2D eigenvalue weighted by atomic mass is 16.2. The topological polar surface area (TPSA) is 93.0 Å². The molecule has 0 bridgehead atoms. The fourth-order valence-corrected chi connectivity index (χ4v) is 4.42. The standard InChI is InChI=1S/C22H22N6O2/c1-14-7-15(10-23-9-14)22(30)27-11-16-8-19-25-26-20(28(19)13-17(16)12-27)21(29)24-18-5-3-2-4-6-18/h2-7,9-10,16-17H,8,11-13H2,1H3,(H,24,29)/t16-,17-/m0/s1. The fraction of sp³-hybridized carbons (Fsp3) is 0.318. The summed E-state index contributed by atoms with van der Waals surface area (Å²) in [5.41, 5.74) is 2.31. The summed E-state index contributed by atoms with van der Waals surface area (Å²) in [5, 5.41) is 11.3. The molecule has 8 heteroatoms. The van der Waals surface area contributed by atoms with E-state index in [1.165, 1.54) is 0 Å². The van der Waals surface area contributed by atoms with Gasteiger partial charge in [0.25, 0.3) is 11.8 Å². The van der Waals surface area contributed by atoms with Crippen molar-refractivity contribution in [2.75, 3.05) is 18.4 Å². The monoisotopic (exact) mass is 402 g/mol. The Labute approximate surface area is 173 Å². The van der Waals surface area contributed by atoms with E-state index in [2.05, 4.69) is 20.5 Å². The van der Waals surface area contributed by atoms with E-state index in [0.29, 0.717) is 43.4 Å². The third-order valence-corrected chi connectivity index (χ3v) is 5.91. The van der Waals surface area contributed by atoms with Crippen molar-refractivity contribution in [3.63, 3.8) is 0 Å². The summed E-state index contributed by atoms with van der Waals surface area (Å²) in [7, 11) is 0. The van der Waals surface area contributed by atoms with Gasteiger partial charge in [0, 0.05) is 44.1 Å². The first-order chi connectivity index (χ1) is 14.6. The molecule has 0 saturated carbocycles. The molecule has 4 heterocycles. The van der Waals surface area contributed by atoms with Crippen LogP contribution in [-0.4, -0.2) is 49.6 Å². The number of pyridine rings is 1. The molecule has 0 spiro atoms. The Morgan fingerprint density at radius 3 is 2.63 bits per heavy atom. The van der Waals surface area contributed by atoms with Gasteiger partial charge in [-0.05, 0) is 42.5 Å². The number of hydrogen-bond donors (Lipinski definition) is 1. The molecular formula is C22H22N6O2. The average Bonchev–Trinajstić information content (AvgIpc) is 3.35. The van der Waals surface area contributed by atoms with Gasteiger partial charge in [0.1, 0.15) is 5.82 Å². The number of aryl methyl sites for hydroxylation is 1. The van der Waals surface area contributed by atoms with Gasteiger partial charge < -0.3 is 14.8 Å². The van der Waals surface area contributed by atoms with Crippen molar-refractivity contribution in [1.82, 2.24) is 24.6 Å². The molecular weight excluding hydrogens is 380 g/mol. The highest BCUT2D eigenvalue weighted by Crippen LogP contribution is 2.33. The van der Waals surface area contributed by atoms with E-state index in [9.17, 15) is 9.59 Å². The van der Waals surface area contributed by atoms with Crippen molar-refractivity contribution in [3.05, 3.63) is 71.6 Å². The third kappa shape index (κ3) is 3.34. The van der Waals surface area contributed by atoms with Crippen molar-refractivity contribution >= 4 is 17.5 Å². The van der Waals surface area contributed by atoms with Crippen LogP contribution < -0.4 is 5.32 Å². The van der Waals surface area contributed by atoms with Gasteiger partial charge in [-0.3, -0.25) is 14.6 Å². The van der Waals surface area contributed by atoms with Crippen LogP contribution in [0.5, 0.6) is 0 Å². The Bertz CT molecular complexity index is 1110. The van der Waals surface area contributed by atoms with Crippen molar-refractivity contribution in [2.45, 2.75) is 19.9 Å². The number of nitrogens with one attached hydrogen (secondary N) is 1. The Morgan fingerprint density at radius 2 is 1.83 bits per heavy atom. The normalized spacial score (nSPS) is 19.8. The minimum atomic E-state index is -0.268. The second-order valence-corrected chi connectivity index (χ2v) is 8.06. The van der Waals surface area contributed by atoms with Crippen molar-refractivity contribution in [1.29, 1.82) is 0 Å². The summed E-state index contributed by atoms with van der Waals surface area (Å²) in [6.07, 6.45) is 4.08. The number of carbonyl (C=O) groups is 2. The largest absolute Gasteiger partial charge is 0.338 e. The maximum atomic E-state index is 12.9. The number of aromatic nitrogens is 4. The number of nitrogens with zero attached hydrogens (tertiary/aromatic N) is 5. The number of para-hydroxylation sites is 1. The molecule has 0 radical (unpaired) electrons. The molecule has 30 heavy (non-hydrogen) atoms. The number of hydrogen-bond acceptors (Lipinski definition) is 5. The first-order valence-electron chi connectivity index (χ1n) is 10.1. The summed E-state index contributed by atoms with van der Waals surface area (Å²) < 4.78 is 1.90. The van der Waals surface area contributed by atoms with E-state index in [1.807, 2.05) is 52.8 Å². The lowest BCUT2D eigenvalue weighted by molar-refractivity contribution is 0.0782. The summed E-state index contributed by atoms with van der Waals surface area (Å²) in [4.78, 5) is 31.7.